The van der Waals surface area contributed by atoms with E-state index >= 15 is 0 Å². The molecule has 1 unspecified atom stereocenters. The fourth-order valence-electron chi connectivity index (χ4n) is 2.16. The molecule has 1 aliphatic heterocycles. The number of carboxylic acids is 1. The van der Waals surface area contributed by atoms with Gasteiger partial charge in [0.05, 0.1) is 20.1 Å². The lowest BCUT2D eigenvalue weighted by Gasteiger charge is -2.23. The highest BCUT2D eigenvalue weighted by atomic mass is 16.5. The van der Waals surface area contributed by atoms with Gasteiger partial charge in [-0.25, -0.2) is 4.79 Å². The van der Waals surface area contributed by atoms with Gasteiger partial charge < -0.3 is 19.9 Å². The van der Waals surface area contributed by atoms with Crippen LogP contribution in [0.1, 0.15) is 12.0 Å². The van der Waals surface area contributed by atoms with Crippen LogP contribution in [0.5, 0.6) is 5.75 Å². The van der Waals surface area contributed by atoms with Crippen molar-refractivity contribution in [3.63, 3.8) is 0 Å². The first-order chi connectivity index (χ1) is 9.55. The standard InChI is InChI=1S/C14H17NO5/c1-19-11-4-2-3-10(7-11)8-12(16)15-14(13(17)18)5-6-20-9-14/h2-4,7H,5-6,8-9H2,1H3,(H,15,16)(H,17,18). The van der Waals surface area contributed by atoms with Crippen LogP contribution in [0, 0.1) is 0 Å². The number of carboxylic acid groups (broad SMARTS) is 1. The van der Waals surface area contributed by atoms with Gasteiger partial charge in [-0.15, -0.1) is 0 Å². The Labute approximate surface area is 116 Å². The van der Waals surface area contributed by atoms with Crippen molar-refractivity contribution in [2.24, 2.45) is 0 Å². The Kier molecular flexibility index (Phi) is 4.24. The largest absolute Gasteiger partial charge is 0.497 e. The van der Waals surface area contributed by atoms with Gasteiger partial charge in [-0.2, -0.15) is 0 Å². The van der Waals surface area contributed by atoms with E-state index in [1.165, 1.54) is 0 Å². The Balaban J connectivity index is 2.02. The number of methoxy groups -OCH3 is 1. The van der Waals surface area contributed by atoms with Gasteiger partial charge in [-0.3, -0.25) is 4.79 Å². The quantitative estimate of drug-likeness (QED) is 0.824. The van der Waals surface area contributed by atoms with E-state index in [0.717, 1.165) is 5.56 Å². The number of amides is 1. The zero-order valence-corrected chi connectivity index (χ0v) is 11.2. The number of hydrogen-bond donors (Lipinski definition) is 2. The van der Waals surface area contributed by atoms with E-state index in [4.69, 9.17) is 9.47 Å². The SMILES string of the molecule is COc1cccc(CC(=O)NC2(C(=O)O)CCOC2)c1. The van der Waals surface area contributed by atoms with Crippen molar-refractivity contribution < 1.29 is 24.2 Å². The van der Waals surface area contributed by atoms with Gasteiger partial charge in [0.25, 0.3) is 0 Å². The van der Waals surface area contributed by atoms with E-state index in [9.17, 15) is 14.7 Å². The summed E-state index contributed by atoms with van der Waals surface area (Å²) in [7, 11) is 1.55. The minimum Gasteiger partial charge on any atom is -0.497 e. The summed E-state index contributed by atoms with van der Waals surface area (Å²) in [6.45, 7) is 0.345. The number of carbonyl (C=O) groups excluding carboxylic acids is 1. The molecule has 6 heteroatoms. The van der Waals surface area contributed by atoms with Gasteiger partial charge in [0.15, 0.2) is 5.54 Å². The monoisotopic (exact) mass is 279 g/mol. The number of ether oxygens (including phenoxy) is 2. The van der Waals surface area contributed by atoms with E-state index in [-0.39, 0.29) is 25.4 Å². The predicted octanol–water partition coefficient (Wildman–Crippen LogP) is 0.598. The summed E-state index contributed by atoms with van der Waals surface area (Å²) < 4.78 is 10.2. The Hall–Kier alpha value is -2.08. The average molecular weight is 279 g/mol. The second kappa shape index (κ2) is 5.92. The van der Waals surface area contributed by atoms with E-state index in [0.29, 0.717) is 12.4 Å². The molecule has 0 aliphatic carbocycles. The molecule has 0 bridgehead atoms. The number of rotatable bonds is 5. The van der Waals surface area contributed by atoms with Crippen LogP contribution in [-0.2, 0) is 20.7 Å². The first-order valence-corrected chi connectivity index (χ1v) is 6.31. The van der Waals surface area contributed by atoms with Crippen LogP contribution < -0.4 is 10.1 Å². The summed E-state index contributed by atoms with van der Waals surface area (Å²) in [5.41, 5.74) is -0.531. The Morgan fingerprint density at radius 3 is 2.90 bits per heavy atom. The molecule has 0 aromatic heterocycles. The van der Waals surface area contributed by atoms with Gasteiger partial charge in [0.1, 0.15) is 5.75 Å². The van der Waals surface area contributed by atoms with Crippen LogP contribution in [0.3, 0.4) is 0 Å². The fourth-order valence-corrected chi connectivity index (χ4v) is 2.16. The van der Waals surface area contributed by atoms with Crippen LogP contribution in [0.25, 0.3) is 0 Å². The molecule has 20 heavy (non-hydrogen) atoms. The third-order valence-electron chi connectivity index (χ3n) is 3.31. The first-order valence-electron chi connectivity index (χ1n) is 6.31. The van der Waals surface area contributed by atoms with Crippen molar-refractivity contribution in [3.05, 3.63) is 29.8 Å². The van der Waals surface area contributed by atoms with E-state index in [1.54, 1.807) is 31.4 Å². The van der Waals surface area contributed by atoms with E-state index < -0.39 is 11.5 Å². The zero-order valence-electron chi connectivity index (χ0n) is 11.2. The molecule has 1 fully saturated rings. The minimum absolute atomic E-state index is 0.00614. The highest BCUT2D eigenvalue weighted by Crippen LogP contribution is 2.19. The molecule has 2 N–H and O–H groups in total. The first kappa shape index (κ1) is 14.3. The summed E-state index contributed by atoms with van der Waals surface area (Å²) in [6, 6.07) is 7.11. The molecule has 1 aliphatic rings. The number of nitrogens with one attached hydrogen (secondary N) is 1. The molecule has 1 aromatic rings. The Bertz CT molecular complexity index is 508. The second-order valence-corrected chi connectivity index (χ2v) is 4.77. The minimum atomic E-state index is -1.30. The summed E-state index contributed by atoms with van der Waals surface area (Å²) in [5, 5.41) is 11.8. The van der Waals surface area contributed by atoms with Crippen molar-refractivity contribution in [3.8, 4) is 5.75 Å². The molecular formula is C14H17NO5. The molecule has 1 aromatic carbocycles. The van der Waals surface area contributed by atoms with Crippen molar-refractivity contribution in [2.45, 2.75) is 18.4 Å². The summed E-state index contributed by atoms with van der Waals surface area (Å²) >= 11 is 0. The lowest BCUT2D eigenvalue weighted by molar-refractivity contribution is -0.147. The highest BCUT2D eigenvalue weighted by Gasteiger charge is 2.43. The van der Waals surface area contributed by atoms with Crippen LogP contribution >= 0.6 is 0 Å². The number of benzene rings is 1. The average Bonchev–Trinajstić information content (AvgIpc) is 2.88. The number of carbonyl (C=O) groups is 2. The van der Waals surface area contributed by atoms with Crippen LogP contribution in [0.2, 0.25) is 0 Å². The van der Waals surface area contributed by atoms with Crippen molar-refractivity contribution >= 4 is 11.9 Å². The van der Waals surface area contributed by atoms with Crippen molar-refractivity contribution in [1.29, 1.82) is 0 Å². The third-order valence-corrected chi connectivity index (χ3v) is 3.31. The molecule has 108 valence electrons. The van der Waals surface area contributed by atoms with Crippen LogP contribution in [-0.4, -0.2) is 42.8 Å². The van der Waals surface area contributed by atoms with Gasteiger partial charge >= 0.3 is 5.97 Å². The molecule has 2 rings (SSSR count). The van der Waals surface area contributed by atoms with E-state index in [1.807, 2.05) is 0 Å². The van der Waals surface area contributed by atoms with E-state index in [2.05, 4.69) is 5.32 Å². The molecule has 0 saturated carbocycles. The summed E-state index contributed by atoms with van der Waals surface area (Å²) in [6.07, 6.45) is 0.387. The Morgan fingerprint density at radius 1 is 1.50 bits per heavy atom. The van der Waals surface area contributed by atoms with Gasteiger partial charge in [0, 0.05) is 13.0 Å². The number of hydrogen-bond acceptors (Lipinski definition) is 4. The topological polar surface area (TPSA) is 84.9 Å². The molecule has 1 atom stereocenters. The molecule has 6 nitrogen and oxygen atoms in total. The fraction of sp³-hybridized carbons (Fsp3) is 0.429. The molecule has 0 radical (unpaired) electrons. The summed E-state index contributed by atoms with van der Waals surface area (Å²) in [4.78, 5) is 23.3. The second-order valence-electron chi connectivity index (χ2n) is 4.77. The molecule has 0 spiro atoms. The van der Waals surface area contributed by atoms with Gasteiger partial charge in [-0.05, 0) is 17.7 Å². The normalized spacial score (nSPS) is 21.4. The zero-order chi connectivity index (χ0) is 14.6. The predicted molar refractivity (Wildman–Crippen MR) is 70.6 cm³/mol. The molecule has 1 heterocycles. The van der Waals surface area contributed by atoms with Crippen molar-refractivity contribution in [1.82, 2.24) is 5.32 Å². The molecular weight excluding hydrogens is 262 g/mol. The highest BCUT2D eigenvalue weighted by molar-refractivity contribution is 5.88. The lowest BCUT2D eigenvalue weighted by atomic mass is 9.98. The number of aliphatic carboxylic acids is 1. The maximum atomic E-state index is 12.0. The third kappa shape index (κ3) is 3.08. The maximum Gasteiger partial charge on any atom is 0.331 e. The van der Waals surface area contributed by atoms with Crippen molar-refractivity contribution in [2.75, 3.05) is 20.3 Å². The maximum absolute atomic E-state index is 12.0. The van der Waals surface area contributed by atoms with Crippen LogP contribution in [0.4, 0.5) is 0 Å². The lowest BCUT2D eigenvalue weighted by Crippen LogP contribution is -2.55. The van der Waals surface area contributed by atoms with Gasteiger partial charge in [0.2, 0.25) is 5.91 Å². The summed E-state index contributed by atoms with van der Waals surface area (Å²) in [5.74, 6) is -0.743. The smallest absolute Gasteiger partial charge is 0.331 e. The molecule has 1 amide bonds. The van der Waals surface area contributed by atoms with Gasteiger partial charge in [-0.1, -0.05) is 12.1 Å². The Morgan fingerprint density at radius 2 is 2.30 bits per heavy atom. The van der Waals surface area contributed by atoms with Crippen LogP contribution in [0.15, 0.2) is 24.3 Å². The molecule has 1 saturated heterocycles.